The van der Waals surface area contributed by atoms with Crippen LogP contribution in [0.25, 0.3) is 0 Å². The predicted molar refractivity (Wildman–Crippen MR) is 113 cm³/mol. The minimum Gasteiger partial charge on any atom is -0.339 e. The molecule has 0 bridgehead atoms. The molecule has 9 heteroatoms. The van der Waals surface area contributed by atoms with Gasteiger partial charge in [0.25, 0.3) is 0 Å². The summed E-state index contributed by atoms with van der Waals surface area (Å²) in [5.74, 6) is -2.90. The van der Waals surface area contributed by atoms with E-state index in [1.54, 1.807) is 6.07 Å². The molecule has 0 spiro atoms. The molecule has 2 heterocycles. The van der Waals surface area contributed by atoms with Crippen LogP contribution in [0.15, 0.2) is 47.4 Å². The maximum absolute atomic E-state index is 13.5. The highest BCUT2D eigenvalue weighted by atomic mass is 32.2. The van der Waals surface area contributed by atoms with Gasteiger partial charge in [0.15, 0.2) is 11.6 Å². The summed E-state index contributed by atoms with van der Waals surface area (Å²) >= 11 is 0. The smallest absolute Gasteiger partial charge is 0.243 e. The van der Waals surface area contributed by atoms with E-state index in [-0.39, 0.29) is 41.7 Å². The average Bonchev–Trinajstić information content (AvgIpc) is 3.23. The van der Waals surface area contributed by atoms with Crippen LogP contribution < -0.4 is 0 Å². The Kier molecular flexibility index (Phi) is 6.57. The summed E-state index contributed by atoms with van der Waals surface area (Å²) in [6.45, 7) is 0.923. The summed E-state index contributed by atoms with van der Waals surface area (Å²) < 4.78 is 67.0. The van der Waals surface area contributed by atoms with Crippen LogP contribution in [0.5, 0.6) is 0 Å². The molecule has 0 radical (unpaired) electrons. The molecule has 0 aliphatic carbocycles. The quantitative estimate of drug-likeness (QED) is 0.675. The summed E-state index contributed by atoms with van der Waals surface area (Å²) in [6.07, 6.45) is 3.06. The fourth-order valence-corrected chi connectivity index (χ4v) is 6.12. The van der Waals surface area contributed by atoms with Crippen LogP contribution in [-0.4, -0.2) is 49.2 Å². The van der Waals surface area contributed by atoms with Crippen molar-refractivity contribution in [3.8, 4) is 0 Å². The predicted octanol–water partition coefficient (Wildman–Crippen LogP) is 3.74. The minimum absolute atomic E-state index is 0.00764. The SMILES string of the molecule is O=C(C1CCN(S(=O)(=O)c2ccc(F)c(F)c2)CC1)N1CCCC1Cc1cccc(F)c1. The van der Waals surface area contributed by atoms with E-state index in [1.807, 2.05) is 11.0 Å². The van der Waals surface area contributed by atoms with Crippen LogP contribution in [-0.2, 0) is 21.2 Å². The van der Waals surface area contributed by atoms with Crippen LogP contribution in [0, 0.1) is 23.4 Å². The third-order valence-corrected chi connectivity index (χ3v) is 8.25. The maximum Gasteiger partial charge on any atom is 0.243 e. The van der Waals surface area contributed by atoms with E-state index in [9.17, 15) is 26.4 Å². The monoisotopic (exact) mass is 466 g/mol. The van der Waals surface area contributed by atoms with Crippen molar-refractivity contribution in [3.63, 3.8) is 0 Å². The van der Waals surface area contributed by atoms with E-state index >= 15 is 0 Å². The molecule has 1 unspecified atom stereocenters. The first-order chi connectivity index (χ1) is 15.3. The number of hydrogen-bond acceptors (Lipinski definition) is 3. The van der Waals surface area contributed by atoms with Crippen molar-refractivity contribution >= 4 is 15.9 Å². The second-order valence-electron chi connectivity index (χ2n) is 8.42. The van der Waals surface area contributed by atoms with E-state index in [0.29, 0.717) is 31.9 Å². The number of likely N-dealkylation sites (tertiary alicyclic amines) is 1. The zero-order chi connectivity index (χ0) is 22.9. The Morgan fingerprint density at radius 3 is 2.38 bits per heavy atom. The fourth-order valence-electron chi connectivity index (χ4n) is 4.64. The van der Waals surface area contributed by atoms with Crippen molar-refractivity contribution in [2.45, 2.75) is 43.0 Å². The highest BCUT2D eigenvalue weighted by molar-refractivity contribution is 7.89. The Morgan fingerprint density at radius 2 is 1.69 bits per heavy atom. The van der Waals surface area contributed by atoms with Crippen molar-refractivity contribution in [3.05, 3.63) is 65.5 Å². The molecule has 2 saturated heterocycles. The molecule has 32 heavy (non-hydrogen) atoms. The summed E-state index contributed by atoms with van der Waals surface area (Å²) in [5, 5.41) is 0. The highest BCUT2D eigenvalue weighted by Crippen LogP contribution is 2.29. The number of amides is 1. The lowest BCUT2D eigenvalue weighted by atomic mass is 9.95. The van der Waals surface area contributed by atoms with Gasteiger partial charge in [-0.25, -0.2) is 21.6 Å². The van der Waals surface area contributed by atoms with Gasteiger partial charge in [0, 0.05) is 31.6 Å². The van der Waals surface area contributed by atoms with Gasteiger partial charge in [0.1, 0.15) is 5.82 Å². The van der Waals surface area contributed by atoms with E-state index in [1.165, 1.54) is 16.4 Å². The van der Waals surface area contributed by atoms with Gasteiger partial charge in [-0.05, 0) is 68.0 Å². The first kappa shape index (κ1) is 22.8. The van der Waals surface area contributed by atoms with E-state index in [0.717, 1.165) is 30.5 Å². The normalized spacial score (nSPS) is 20.6. The zero-order valence-corrected chi connectivity index (χ0v) is 18.3. The molecule has 0 aromatic heterocycles. The lowest BCUT2D eigenvalue weighted by molar-refractivity contribution is -0.137. The number of halogens is 3. The van der Waals surface area contributed by atoms with Crippen LogP contribution in [0.4, 0.5) is 13.2 Å². The third kappa shape index (κ3) is 4.68. The molecule has 0 N–H and O–H groups in total. The Bertz CT molecular complexity index is 1100. The van der Waals surface area contributed by atoms with Crippen LogP contribution in [0.1, 0.15) is 31.2 Å². The zero-order valence-electron chi connectivity index (χ0n) is 17.5. The van der Waals surface area contributed by atoms with E-state index in [4.69, 9.17) is 0 Å². The van der Waals surface area contributed by atoms with Crippen LogP contribution >= 0.6 is 0 Å². The Morgan fingerprint density at radius 1 is 0.938 bits per heavy atom. The standard InChI is InChI=1S/C23H25F3N2O3S/c24-18-4-1-3-16(13-18)14-19-5-2-10-28(19)23(29)17-8-11-27(12-9-17)32(30,31)20-6-7-21(25)22(26)15-20/h1,3-4,6-7,13,15,17,19H,2,5,8-12,14H2. The molecule has 1 amide bonds. The van der Waals surface area contributed by atoms with Crippen molar-refractivity contribution < 1.29 is 26.4 Å². The van der Waals surface area contributed by atoms with E-state index in [2.05, 4.69) is 0 Å². The van der Waals surface area contributed by atoms with E-state index < -0.39 is 21.7 Å². The lowest BCUT2D eigenvalue weighted by Crippen LogP contribution is -2.46. The van der Waals surface area contributed by atoms with Gasteiger partial charge in [-0.3, -0.25) is 4.79 Å². The number of sulfonamides is 1. The first-order valence-corrected chi connectivity index (χ1v) is 12.2. The van der Waals surface area contributed by atoms with Gasteiger partial charge >= 0.3 is 0 Å². The summed E-state index contributed by atoms with van der Waals surface area (Å²) in [7, 11) is -3.96. The Hall–Kier alpha value is -2.39. The van der Waals surface area contributed by atoms with Crippen molar-refractivity contribution in [1.29, 1.82) is 0 Å². The number of carbonyl (C=O) groups is 1. The van der Waals surface area contributed by atoms with Gasteiger partial charge < -0.3 is 4.90 Å². The Labute approximate surface area is 185 Å². The summed E-state index contributed by atoms with van der Waals surface area (Å²) in [5.41, 5.74) is 0.849. The molecular formula is C23H25F3N2O3S. The number of nitrogens with zero attached hydrogens (tertiary/aromatic N) is 2. The van der Waals surface area contributed by atoms with Crippen LogP contribution in [0.3, 0.4) is 0 Å². The number of piperidine rings is 1. The molecular weight excluding hydrogens is 441 g/mol. The molecule has 5 nitrogen and oxygen atoms in total. The van der Waals surface area contributed by atoms with Crippen molar-refractivity contribution in [2.75, 3.05) is 19.6 Å². The molecule has 2 aliphatic heterocycles. The molecule has 4 rings (SSSR count). The number of benzene rings is 2. The van der Waals surface area contributed by atoms with Gasteiger partial charge in [0.2, 0.25) is 15.9 Å². The summed E-state index contributed by atoms with van der Waals surface area (Å²) in [6, 6.07) is 8.93. The second-order valence-corrected chi connectivity index (χ2v) is 10.4. The van der Waals surface area contributed by atoms with Crippen LogP contribution in [0.2, 0.25) is 0 Å². The molecule has 2 fully saturated rings. The lowest BCUT2D eigenvalue weighted by Gasteiger charge is -2.34. The second kappa shape index (κ2) is 9.23. The van der Waals surface area contributed by atoms with Gasteiger partial charge in [0.05, 0.1) is 4.90 Å². The third-order valence-electron chi connectivity index (χ3n) is 6.35. The number of hydrogen-bond donors (Lipinski definition) is 0. The van der Waals surface area contributed by atoms with Crippen molar-refractivity contribution in [1.82, 2.24) is 9.21 Å². The first-order valence-electron chi connectivity index (χ1n) is 10.8. The molecule has 172 valence electrons. The van der Waals surface area contributed by atoms with Crippen molar-refractivity contribution in [2.24, 2.45) is 5.92 Å². The number of rotatable bonds is 5. The molecule has 2 aliphatic rings. The summed E-state index contributed by atoms with van der Waals surface area (Å²) in [4.78, 5) is 14.7. The molecule has 1 atom stereocenters. The molecule has 0 saturated carbocycles. The average molecular weight is 467 g/mol. The maximum atomic E-state index is 13.5. The molecule has 2 aromatic rings. The largest absolute Gasteiger partial charge is 0.339 e. The minimum atomic E-state index is -3.96. The molecule has 2 aromatic carbocycles. The number of carbonyl (C=O) groups excluding carboxylic acids is 1. The topological polar surface area (TPSA) is 57.7 Å². The highest BCUT2D eigenvalue weighted by Gasteiger charge is 2.37. The van der Waals surface area contributed by atoms with Gasteiger partial charge in [-0.15, -0.1) is 0 Å². The van der Waals surface area contributed by atoms with Gasteiger partial charge in [-0.2, -0.15) is 4.31 Å². The Balaban J connectivity index is 1.39. The fraction of sp³-hybridized carbons (Fsp3) is 0.435. The van der Waals surface area contributed by atoms with Gasteiger partial charge in [-0.1, -0.05) is 12.1 Å².